The molecule has 1 fully saturated rings. The molecular weight excluding hydrogens is 268 g/mol. The van der Waals surface area contributed by atoms with Gasteiger partial charge in [-0.1, -0.05) is 12.8 Å². The number of rotatable bonds is 8. The van der Waals surface area contributed by atoms with Crippen molar-refractivity contribution in [3.8, 4) is 0 Å². The fraction of sp³-hybridized carbons (Fsp3) is 0.500. The highest BCUT2D eigenvalue weighted by atomic mass is 16.3. The number of amides is 2. The van der Waals surface area contributed by atoms with Crippen LogP contribution in [0.5, 0.6) is 0 Å². The van der Waals surface area contributed by atoms with Crippen molar-refractivity contribution < 1.29 is 14.7 Å². The average Bonchev–Trinajstić information content (AvgIpc) is 3.30. The first-order chi connectivity index (χ1) is 10.2. The Labute approximate surface area is 124 Å². The van der Waals surface area contributed by atoms with Crippen molar-refractivity contribution in [3.05, 3.63) is 29.8 Å². The van der Waals surface area contributed by atoms with Gasteiger partial charge >= 0.3 is 0 Å². The highest BCUT2D eigenvalue weighted by Crippen LogP contribution is 2.33. The Hall–Kier alpha value is -1.88. The van der Waals surface area contributed by atoms with E-state index in [0.717, 1.165) is 12.3 Å². The van der Waals surface area contributed by atoms with Gasteiger partial charge in [-0.15, -0.1) is 0 Å². The molecular formula is C16H22N2O3. The van der Waals surface area contributed by atoms with E-state index in [2.05, 4.69) is 10.6 Å². The van der Waals surface area contributed by atoms with Gasteiger partial charge < -0.3 is 15.7 Å². The molecule has 5 heteroatoms. The van der Waals surface area contributed by atoms with Crippen LogP contribution >= 0.6 is 0 Å². The number of hydrogen-bond donors (Lipinski definition) is 3. The molecule has 3 N–H and O–H groups in total. The minimum atomic E-state index is -0.171. The number of aliphatic hydroxyl groups is 1. The van der Waals surface area contributed by atoms with Gasteiger partial charge in [-0.25, -0.2) is 0 Å². The lowest BCUT2D eigenvalue weighted by Gasteiger charge is -2.07. The van der Waals surface area contributed by atoms with Gasteiger partial charge in [0.1, 0.15) is 0 Å². The lowest BCUT2D eigenvalue weighted by atomic mass is 10.1. The summed E-state index contributed by atoms with van der Waals surface area (Å²) in [5.74, 6) is 0.609. The number of nitrogens with one attached hydrogen (secondary N) is 2. The molecule has 0 atom stereocenters. The molecule has 2 amide bonds. The number of anilines is 1. The first kappa shape index (κ1) is 15.5. The summed E-state index contributed by atoms with van der Waals surface area (Å²) in [7, 11) is 0. The summed E-state index contributed by atoms with van der Waals surface area (Å²) < 4.78 is 0. The molecule has 0 heterocycles. The molecule has 1 aromatic carbocycles. The summed E-state index contributed by atoms with van der Waals surface area (Å²) in [4.78, 5) is 23.5. The zero-order chi connectivity index (χ0) is 15.1. The van der Waals surface area contributed by atoms with Gasteiger partial charge in [0.05, 0.1) is 0 Å². The highest BCUT2D eigenvalue weighted by molar-refractivity contribution is 5.95. The second-order valence-corrected chi connectivity index (χ2v) is 5.44. The molecule has 1 aliphatic rings. The van der Waals surface area contributed by atoms with Crippen LogP contribution in [0.4, 0.5) is 5.69 Å². The van der Waals surface area contributed by atoms with Crippen molar-refractivity contribution in [1.29, 1.82) is 0 Å². The van der Waals surface area contributed by atoms with Gasteiger partial charge in [-0.05, 0) is 43.0 Å². The summed E-state index contributed by atoms with van der Waals surface area (Å²) in [6.07, 6.45) is 4.59. The standard InChI is InChI=1S/C16H22N2O3/c19-11-1-10-17-16(21)13-5-7-14(8-6-13)18-15(20)9-4-12-2-3-12/h5-8,12,19H,1-4,9-11H2,(H,17,21)(H,18,20). The minimum absolute atomic E-state index is 0.0297. The smallest absolute Gasteiger partial charge is 0.251 e. The largest absolute Gasteiger partial charge is 0.396 e. The van der Waals surface area contributed by atoms with Crippen LogP contribution in [-0.2, 0) is 4.79 Å². The van der Waals surface area contributed by atoms with Gasteiger partial charge in [-0.3, -0.25) is 9.59 Å². The monoisotopic (exact) mass is 290 g/mol. The SMILES string of the molecule is O=C(CCC1CC1)Nc1ccc(C(=O)NCCCO)cc1. The Bertz CT molecular complexity index is 481. The molecule has 0 radical (unpaired) electrons. The van der Waals surface area contributed by atoms with Crippen LogP contribution in [0.25, 0.3) is 0 Å². The predicted molar refractivity (Wildman–Crippen MR) is 81.1 cm³/mol. The number of carbonyl (C=O) groups is 2. The zero-order valence-corrected chi connectivity index (χ0v) is 12.1. The Kier molecular flexibility index (Phi) is 5.75. The Balaban J connectivity index is 1.77. The van der Waals surface area contributed by atoms with Crippen molar-refractivity contribution in [2.24, 2.45) is 5.92 Å². The second kappa shape index (κ2) is 7.78. The molecule has 1 aliphatic carbocycles. The minimum Gasteiger partial charge on any atom is -0.396 e. The van der Waals surface area contributed by atoms with Crippen molar-refractivity contribution in [2.45, 2.75) is 32.1 Å². The Morgan fingerprint density at radius 3 is 2.52 bits per heavy atom. The molecule has 21 heavy (non-hydrogen) atoms. The second-order valence-electron chi connectivity index (χ2n) is 5.44. The third-order valence-electron chi connectivity index (χ3n) is 3.53. The van der Waals surface area contributed by atoms with Crippen LogP contribution in [0, 0.1) is 5.92 Å². The van der Waals surface area contributed by atoms with Crippen LogP contribution in [-0.4, -0.2) is 30.1 Å². The lowest BCUT2D eigenvalue weighted by molar-refractivity contribution is -0.116. The van der Waals surface area contributed by atoms with Gasteiger partial charge in [-0.2, -0.15) is 0 Å². The maximum atomic E-state index is 11.8. The molecule has 1 saturated carbocycles. The summed E-state index contributed by atoms with van der Waals surface area (Å²) in [6, 6.07) is 6.83. The summed E-state index contributed by atoms with van der Waals surface area (Å²) in [6.45, 7) is 0.515. The van der Waals surface area contributed by atoms with E-state index in [4.69, 9.17) is 5.11 Å². The normalized spacial score (nSPS) is 13.8. The molecule has 0 spiro atoms. The third-order valence-corrected chi connectivity index (χ3v) is 3.53. The number of carbonyl (C=O) groups excluding carboxylic acids is 2. The first-order valence-corrected chi connectivity index (χ1v) is 7.48. The highest BCUT2D eigenvalue weighted by Gasteiger charge is 2.21. The fourth-order valence-electron chi connectivity index (χ4n) is 2.05. The number of hydrogen-bond acceptors (Lipinski definition) is 3. The summed E-state index contributed by atoms with van der Waals surface area (Å²) in [5, 5.41) is 14.2. The van der Waals surface area contributed by atoms with Crippen LogP contribution in [0.2, 0.25) is 0 Å². The van der Waals surface area contributed by atoms with E-state index in [1.165, 1.54) is 12.8 Å². The zero-order valence-electron chi connectivity index (χ0n) is 12.1. The molecule has 2 rings (SSSR count). The van der Waals surface area contributed by atoms with Crippen molar-refractivity contribution in [3.63, 3.8) is 0 Å². The van der Waals surface area contributed by atoms with Crippen LogP contribution in [0.1, 0.15) is 42.5 Å². The van der Waals surface area contributed by atoms with Gasteiger partial charge in [0.15, 0.2) is 0 Å². The van der Waals surface area contributed by atoms with E-state index in [9.17, 15) is 9.59 Å². The van der Waals surface area contributed by atoms with E-state index >= 15 is 0 Å². The lowest BCUT2D eigenvalue weighted by Crippen LogP contribution is -2.24. The molecule has 1 aromatic rings. The van der Waals surface area contributed by atoms with Gasteiger partial charge in [0, 0.05) is 30.8 Å². The van der Waals surface area contributed by atoms with Crippen molar-refractivity contribution in [2.75, 3.05) is 18.5 Å². The van der Waals surface area contributed by atoms with E-state index in [1.807, 2.05) is 0 Å². The maximum Gasteiger partial charge on any atom is 0.251 e. The predicted octanol–water partition coefficient (Wildman–Crippen LogP) is 1.93. The van der Waals surface area contributed by atoms with Gasteiger partial charge in [0.2, 0.25) is 5.91 Å². The third kappa shape index (κ3) is 5.55. The number of aliphatic hydroxyl groups excluding tert-OH is 1. The molecule has 0 unspecified atom stereocenters. The average molecular weight is 290 g/mol. The Morgan fingerprint density at radius 1 is 1.19 bits per heavy atom. The molecule has 5 nitrogen and oxygen atoms in total. The number of benzene rings is 1. The fourth-order valence-corrected chi connectivity index (χ4v) is 2.05. The van der Waals surface area contributed by atoms with Gasteiger partial charge in [0.25, 0.3) is 5.91 Å². The van der Waals surface area contributed by atoms with E-state index in [-0.39, 0.29) is 18.4 Å². The molecule has 114 valence electrons. The van der Waals surface area contributed by atoms with E-state index in [1.54, 1.807) is 24.3 Å². The van der Waals surface area contributed by atoms with E-state index in [0.29, 0.717) is 30.6 Å². The molecule has 0 aliphatic heterocycles. The summed E-state index contributed by atoms with van der Waals surface area (Å²) >= 11 is 0. The van der Waals surface area contributed by atoms with Crippen LogP contribution in [0.15, 0.2) is 24.3 Å². The Morgan fingerprint density at radius 2 is 1.90 bits per heavy atom. The molecule has 0 aromatic heterocycles. The van der Waals surface area contributed by atoms with Crippen LogP contribution in [0.3, 0.4) is 0 Å². The van der Waals surface area contributed by atoms with Crippen molar-refractivity contribution in [1.82, 2.24) is 5.32 Å². The topological polar surface area (TPSA) is 78.4 Å². The first-order valence-electron chi connectivity index (χ1n) is 7.48. The maximum absolute atomic E-state index is 11.8. The molecule has 0 bridgehead atoms. The quantitative estimate of drug-likeness (QED) is 0.640. The van der Waals surface area contributed by atoms with E-state index < -0.39 is 0 Å². The summed E-state index contributed by atoms with van der Waals surface area (Å²) in [5.41, 5.74) is 1.26. The van der Waals surface area contributed by atoms with Crippen LogP contribution < -0.4 is 10.6 Å². The van der Waals surface area contributed by atoms with Crippen molar-refractivity contribution >= 4 is 17.5 Å². The molecule has 0 saturated heterocycles.